The van der Waals surface area contributed by atoms with Crippen molar-refractivity contribution >= 4 is 21.8 Å². The molecule has 0 aromatic rings. The molecule has 0 aliphatic heterocycles. The van der Waals surface area contributed by atoms with Crippen LogP contribution in [0.2, 0.25) is 0 Å². The van der Waals surface area contributed by atoms with Gasteiger partial charge >= 0.3 is 0 Å². The molecule has 0 spiro atoms. The summed E-state index contributed by atoms with van der Waals surface area (Å²) in [5, 5.41) is 3.22. The number of alkyl halides is 1. The number of carbonyl (C=O) groups is 1. The molecule has 2 rings (SSSR count). The third-order valence-corrected chi connectivity index (χ3v) is 5.75. The Bertz CT molecular complexity index is 278. The van der Waals surface area contributed by atoms with Crippen molar-refractivity contribution in [1.82, 2.24) is 5.32 Å². The molecule has 2 saturated carbocycles. The summed E-state index contributed by atoms with van der Waals surface area (Å²) in [5.41, 5.74) is -0.0785. The zero-order valence-corrected chi connectivity index (χ0v) is 13.1. The van der Waals surface area contributed by atoms with Crippen LogP contribution in [0.25, 0.3) is 0 Å². The first kappa shape index (κ1) is 14.4. The number of carbonyl (C=O) groups excluding carboxylic acids is 1. The van der Waals surface area contributed by atoms with E-state index in [1.54, 1.807) is 0 Å². The number of hydrogen-bond donors (Lipinski definition) is 1. The first-order chi connectivity index (χ1) is 8.60. The second-order valence-corrected chi connectivity index (χ2v) is 7.74. The fraction of sp³-hybridized carbons (Fsp3) is 0.933. The van der Waals surface area contributed by atoms with Gasteiger partial charge in [0.2, 0.25) is 5.91 Å². The average Bonchev–Trinajstić information content (AvgIpc) is 2.38. The van der Waals surface area contributed by atoms with Crippen LogP contribution in [0.3, 0.4) is 0 Å². The monoisotopic (exact) mass is 315 g/mol. The van der Waals surface area contributed by atoms with E-state index in [9.17, 15) is 4.79 Å². The van der Waals surface area contributed by atoms with Gasteiger partial charge in [0, 0.05) is 16.8 Å². The predicted molar refractivity (Wildman–Crippen MR) is 78.9 cm³/mol. The SMILES string of the molecule is CC1(C(=O)NCC2CCC(Br)CC2)CCCCC1. The highest BCUT2D eigenvalue weighted by atomic mass is 79.9. The first-order valence-electron chi connectivity index (χ1n) is 7.52. The predicted octanol–water partition coefficient (Wildman–Crippen LogP) is 4.03. The highest BCUT2D eigenvalue weighted by molar-refractivity contribution is 9.09. The minimum Gasteiger partial charge on any atom is -0.355 e. The van der Waals surface area contributed by atoms with Gasteiger partial charge in [0.25, 0.3) is 0 Å². The van der Waals surface area contributed by atoms with Crippen molar-refractivity contribution in [2.45, 2.75) is 69.5 Å². The van der Waals surface area contributed by atoms with E-state index in [0.29, 0.717) is 16.7 Å². The highest BCUT2D eigenvalue weighted by Crippen LogP contribution is 2.36. The minimum absolute atomic E-state index is 0.0785. The number of amides is 1. The fourth-order valence-corrected chi connectivity index (χ4v) is 3.86. The number of nitrogens with one attached hydrogen (secondary N) is 1. The molecule has 1 N–H and O–H groups in total. The molecule has 1 amide bonds. The molecule has 2 aliphatic rings. The smallest absolute Gasteiger partial charge is 0.225 e. The summed E-state index contributed by atoms with van der Waals surface area (Å²) in [6, 6.07) is 0. The summed E-state index contributed by atoms with van der Waals surface area (Å²) in [5.74, 6) is 1.01. The molecule has 0 heterocycles. The van der Waals surface area contributed by atoms with Crippen LogP contribution in [-0.4, -0.2) is 17.3 Å². The molecule has 0 aromatic heterocycles. The van der Waals surface area contributed by atoms with E-state index in [4.69, 9.17) is 0 Å². The summed E-state index contributed by atoms with van der Waals surface area (Å²) in [6.45, 7) is 3.05. The second kappa shape index (κ2) is 6.40. The maximum Gasteiger partial charge on any atom is 0.225 e. The summed E-state index contributed by atoms with van der Waals surface area (Å²) in [7, 11) is 0. The molecule has 0 bridgehead atoms. The molecule has 0 unspecified atom stereocenters. The van der Waals surface area contributed by atoms with Gasteiger partial charge in [0.1, 0.15) is 0 Å². The molecular formula is C15H26BrNO. The lowest BCUT2D eigenvalue weighted by Crippen LogP contribution is -2.42. The largest absolute Gasteiger partial charge is 0.355 e. The molecule has 2 aliphatic carbocycles. The zero-order valence-electron chi connectivity index (χ0n) is 11.5. The maximum absolute atomic E-state index is 12.3. The standard InChI is InChI=1S/C15H26BrNO/c1-15(9-3-2-4-10-15)14(18)17-11-12-5-7-13(16)8-6-12/h12-13H,2-11H2,1H3,(H,17,18). The molecule has 2 fully saturated rings. The van der Waals surface area contributed by atoms with Crippen LogP contribution < -0.4 is 5.32 Å². The van der Waals surface area contributed by atoms with Crippen molar-refractivity contribution < 1.29 is 4.79 Å². The van der Waals surface area contributed by atoms with Crippen molar-refractivity contribution in [2.24, 2.45) is 11.3 Å². The van der Waals surface area contributed by atoms with Gasteiger partial charge in [-0.2, -0.15) is 0 Å². The molecule has 0 radical (unpaired) electrons. The van der Waals surface area contributed by atoms with Gasteiger partial charge in [-0.05, 0) is 44.4 Å². The van der Waals surface area contributed by atoms with Crippen molar-refractivity contribution in [2.75, 3.05) is 6.54 Å². The molecule has 0 aromatic carbocycles. The summed E-state index contributed by atoms with van der Waals surface area (Å²) >= 11 is 3.68. The Morgan fingerprint density at radius 1 is 1.17 bits per heavy atom. The van der Waals surface area contributed by atoms with Crippen molar-refractivity contribution in [3.63, 3.8) is 0 Å². The van der Waals surface area contributed by atoms with Gasteiger partial charge in [-0.25, -0.2) is 0 Å². The summed E-state index contributed by atoms with van der Waals surface area (Å²) in [4.78, 5) is 13.0. The molecule has 18 heavy (non-hydrogen) atoms. The molecule has 104 valence electrons. The van der Waals surface area contributed by atoms with E-state index >= 15 is 0 Å². The molecule has 2 nitrogen and oxygen atoms in total. The Kier molecular flexibility index (Phi) is 5.11. The zero-order chi connectivity index (χ0) is 13.0. The van der Waals surface area contributed by atoms with Gasteiger partial charge in [-0.1, -0.05) is 42.1 Å². The van der Waals surface area contributed by atoms with Crippen molar-refractivity contribution in [3.8, 4) is 0 Å². The average molecular weight is 316 g/mol. The van der Waals surface area contributed by atoms with Crippen molar-refractivity contribution in [3.05, 3.63) is 0 Å². The van der Waals surface area contributed by atoms with Gasteiger partial charge < -0.3 is 5.32 Å². The number of rotatable bonds is 3. The molecule has 0 saturated heterocycles. The van der Waals surface area contributed by atoms with Crippen LogP contribution in [0.5, 0.6) is 0 Å². The summed E-state index contributed by atoms with van der Waals surface area (Å²) in [6.07, 6.45) is 10.9. The first-order valence-corrected chi connectivity index (χ1v) is 8.44. The minimum atomic E-state index is -0.0785. The van der Waals surface area contributed by atoms with Crippen LogP contribution in [0.15, 0.2) is 0 Å². The molecule has 0 atom stereocenters. The normalized spacial score (nSPS) is 31.9. The number of halogens is 1. The van der Waals surface area contributed by atoms with Gasteiger partial charge in [0.15, 0.2) is 0 Å². The van der Waals surface area contributed by atoms with Crippen LogP contribution in [0.1, 0.15) is 64.7 Å². The van der Waals surface area contributed by atoms with Crippen molar-refractivity contribution in [1.29, 1.82) is 0 Å². The van der Waals surface area contributed by atoms with E-state index in [-0.39, 0.29) is 5.41 Å². The van der Waals surface area contributed by atoms with E-state index in [1.165, 1.54) is 44.9 Å². The Balaban J connectivity index is 1.74. The lowest BCUT2D eigenvalue weighted by atomic mass is 9.75. The molecular weight excluding hydrogens is 290 g/mol. The van der Waals surface area contributed by atoms with E-state index in [2.05, 4.69) is 28.2 Å². The lowest BCUT2D eigenvalue weighted by Gasteiger charge is -2.33. The van der Waals surface area contributed by atoms with Gasteiger partial charge in [-0.15, -0.1) is 0 Å². The van der Waals surface area contributed by atoms with E-state index in [0.717, 1.165) is 19.4 Å². The number of hydrogen-bond acceptors (Lipinski definition) is 1. The van der Waals surface area contributed by atoms with Crippen LogP contribution in [-0.2, 0) is 4.79 Å². The second-order valence-electron chi connectivity index (χ2n) is 6.45. The highest BCUT2D eigenvalue weighted by Gasteiger charge is 2.34. The van der Waals surface area contributed by atoms with Crippen LogP contribution in [0, 0.1) is 11.3 Å². The Morgan fingerprint density at radius 3 is 2.39 bits per heavy atom. The summed E-state index contributed by atoms with van der Waals surface area (Å²) < 4.78 is 0. The van der Waals surface area contributed by atoms with E-state index < -0.39 is 0 Å². The third-order valence-electron chi connectivity index (χ3n) is 4.83. The quantitative estimate of drug-likeness (QED) is 0.783. The van der Waals surface area contributed by atoms with Gasteiger partial charge in [-0.3, -0.25) is 4.79 Å². The van der Waals surface area contributed by atoms with Crippen LogP contribution >= 0.6 is 15.9 Å². The lowest BCUT2D eigenvalue weighted by molar-refractivity contribution is -0.132. The van der Waals surface area contributed by atoms with Gasteiger partial charge in [0.05, 0.1) is 0 Å². The third kappa shape index (κ3) is 3.72. The van der Waals surface area contributed by atoms with Crippen LogP contribution in [0.4, 0.5) is 0 Å². The Hall–Kier alpha value is -0.0500. The van der Waals surface area contributed by atoms with E-state index in [1.807, 2.05) is 0 Å². The Morgan fingerprint density at radius 2 is 1.78 bits per heavy atom. The molecule has 3 heteroatoms. The Labute approximate surface area is 119 Å². The topological polar surface area (TPSA) is 29.1 Å². The maximum atomic E-state index is 12.3. The fourth-order valence-electron chi connectivity index (χ4n) is 3.34.